The summed E-state index contributed by atoms with van der Waals surface area (Å²) in [6.45, 7) is -0.397. The van der Waals surface area contributed by atoms with Crippen molar-refractivity contribution in [2.75, 3.05) is 25.1 Å². The molecule has 0 aliphatic heterocycles. The van der Waals surface area contributed by atoms with E-state index in [-0.39, 0.29) is 25.3 Å². The number of nitrogens with two attached hydrogens (primary N) is 3. The molecule has 0 aromatic carbocycles. The number of guanidine groups is 1. The van der Waals surface area contributed by atoms with Gasteiger partial charge in [-0.1, -0.05) is 0 Å². The molecule has 182 valence electrons. The van der Waals surface area contributed by atoms with E-state index in [4.69, 9.17) is 22.3 Å². The van der Waals surface area contributed by atoms with E-state index in [1.54, 1.807) is 0 Å². The van der Waals surface area contributed by atoms with E-state index in [1.165, 1.54) is 11.8 Å². The van der Waals surface area contributed by atoms with Crippen molar-refractivity contribution in [1.29, 1.82) is 0 Å². The van der Waals surface area contributed by atoms with Crippen molar-refractivity contribution >= 4 is 47.4 Å². The second-order valence-electron chi connectivity index (χ2n) is 6.67. The number of aliphatic imine (C=N–C) groups is 1. The van der Waals surface area contributed by atoms with Gasteiger partial charge in [-0.25, -0.2) is 4.79 Å². The largest absolute Gasteiger partial charge is 0.481 e. The molecule has 0 aromatic rings. The summed E-state index contributed by atoms with van der Waals surface area (Å²) in [5.74, 6) is -4.67. The summed E-state index contributed by atoms with van der Waals surface area (Å²) in [5, 5.41) is 24.9. The van der Waals surface area contributed by atoms with Gasteiger partial charge >= 0.3 is 11.9 Å². The number of aliphatic carboxylic acids is 2. The lowest BCUT2D eigenvalue weighted by Crippen LogP contribution is -2.54. The van der Waals surface area contributed by atoms with Crippen LogP contribution in [0.25, 0.3) is 0 Å². The molecule has 0 rings (SSSR count). The molecule has 0 aromatic heterocycles. The highest BCUT2D eigenvalue weighted by Gasteiger charge is 2.28. The number of carbonyl (C=O) groups excluding carboxylic acids is 3. The highest BCUT2D eigenvalue weighted by molar-refractivity contribution is 7.98. The lowest BCUT2D eigenvalue weighted by molar-refractivity contribution is -0.143. The van der Waals surface area contributed by atoms with Gasteiger partial charge in [-0.2, -0.15) is 11.8 Å². The van der Waals surface area contributed by atoms with Crippen LogP contribution in [0.1, 0.15) is 25.7 Å². The van der Waals surface area contributed by atoms with Gasteiger partial charge < -0.3 is 43.4 Å². The van der Waals surface area contributed by atoms with Crippen LogP contribution < -0.4 is 33.2 Å². The molecule has 0 aliphatic rings. The average Bonchev–Trinajstić information content (AvgIpc) is 2.70. The Kier molecular flexibility index (Phi) is 14.2. The van der Waals surface area contributed by atoms with Crippen molar-refractivity contribution in [2.45, 2.75) is 43.8 Å². The minimum absolute atomic E-state index is 0.0322. The van der Waals surface area contributed by atoms with Crippen molar-refractivity contribution in [1.82, 2.24) is 16.0 Å². The molecule has 0 radical (unpaired) electrons. The zero-order valence-corrected chi connectivity index (χ0v) is 18.5. The van der Waals surface area contributed by atoms with Crippen LogP contribution >= 0.6 is 11.8 Å². The van der Waals surface area contributed by atoms with Crippen LogP contribution in [0, 0.1) is 0 Å². The lowest BCUT2D eigenvalue weighted by atomic mass is 10.1. The normalized spacial score (nSPS) is 13.2. The molecule has 0 fully saturated rings. The zero-order valence-electron chi connectivity index (χ0n) is 17.7. The third-order valence-electron chi connectivity index (χ3n) is 3.98. The van der Waals surface area contributed by atoms with Gasteiger partial charge in [-0.15, -0.1) is 0 Å². The average molecular weight is 478 g/mol. The predicted octanol–water partition coefficient (Wildman–Crippen LogP) is -3.23. The minimum atomic E-state index is -1.55. The Morgan fingerprint density at radius 2 is 1.66 bits per heavy atom. The number of nitrogens with one attached hydrogen (secondary N) is 3. The van der Waals surface area contributed by atoms with Crippen LogP contribution in [0.3, 0.4) is 0 Å². The summed E-state index contributed by atoms with van der Waals surface area (Å²) in [6, 6.07) is -3.72. The van der Waals surface area contributed by atoms with Crippen molar-refractivity contribution in [2.24, 2.45) is 22.2 Å². The number of carbonyl (C=O) groups is 5. The number of carboxylic acids is 2. The van der Waals surface area contributed by atoms with Crippen LogP contribution in [0.2, 0.25) is 0 Å². The van der Waals surface area contributed by atoms with Crippen LogP contribution in [-0.4, -0.2) is 89.1 Å². The first-order chi connectivity index (χ1) is 15.0. The highest BCUT2D eigenvalue weighted by Crippen LogP contribution is 2.02. The summed E-state index contributed by atoms with van der Waals surface area (Å²) in [7, 11) is 0. The maximum Gasteiger partial charge on any atom is 0.326 e. The second-order valence-corrected chi connectivity index (χ2v) is 7.66. The van der Waals surface area contributed by atoms with Gasteiger partial charge in [0.2, 0.25) is 17.7 Å². The number of carboxylic acid groups (broad SMARTS) is 2. The van der Waals surface area contributed by atoms with E-state index in [1.807, 2.05) is 6.26 Å². The Morgan fingerprint density at radius 3 is 2.19 bits per heavy atom. The number of hydrogen-bond donors (Lipinski definition) is 8. The standard InChI is InChI=1S/C17H31N7O7S/c1-32-6-4-9(18)14(28)22-8-12(25)23-11(7-13(26)27)15(29)24-10(16(30)31)3-2-5-21-17(19)20/h9-11H,2-8,18H2,1H3,(H,22,28)(H,23,25)(H,24,29)(H,26,27)(H,30,31)(H4,19,20,21). The van der Waals surface area contributed by atoms with Crippen LogP contribution in [0.15, 0.2) is 4.99 Å². The fourth-order valence-electron chi connectivity index (χ4n) is 2.34. The molecule has 0 saturated heterocycles. The van der Waals surface area contributed by atoms with Gasteiger partial charge in [0, 0.05) is 6.54 Å². The molecule has 14 nitrogen and oxygen atoms in total. The van der Waals surface area contributed by atoms with Crippen molar-refractivity contribution in [3.8, 4) is 0 Å². The lowest BCUT2D eigenvalue weighted by Gasteiger charge is -2.20. The zero-order chi connectivity index (χ0) is 24.7. The maximum atomic E-state index is 12.4. The highest BCUT2D eigenvalue weighted by atomic mass is 32.2. The summed E-state index contributed by atoms with van der Waals surface area (Å²) in [5.41, 5.74) is 16.0. The van der Waals surface area contributed by atoms with E-state index in [9.17, 15) is 29.1 Å². The van der Waals surface area contributed by atoms with Gasteiger partial charge in [-0.05, 0) is 31.3 Å². The van der Waals surface area contributed by atoms with Crippen molar-refractivity contribution in [3.05, 3.63) is 0 Å². The topological polar surface area (TPSA) is 252 Å². The third kappa shape index (κ3) is 13.3. The molecule has 0 spiro atoms. The molecular weight excluding hydrogens is 446 g/mol. The third-order valence-corrected chi connectivity index (χ3v) is 4.63. The number of hydrogen-bond acceptors (Lipinski definition) is 8. The van der Waals surface area contributed by atoms with E-state index in [0.29, 0.717) is 12.2 Å². The van der Waals surface area contributed by atoms with E-state index >= 15 is 0 Å². The molecule has 0 saturated carbocycles. The van der Waals surface area contributed by atoms with Crippen LogP contribution in [0.4, 0.5) is 0 Å². The van der Waals surface area contributed by atoms with E-state index in [2.05, 4.69) is 20.9 Å². The first-order valence-electron chi connectivity index (χ1n) is 9.59. The van der Waals surface area contributed by atoms with Gasteiger partial charge in [0.1, 0.15) is 12.1 Å². The quantitative estimate of drug-likeness (QED) is 0.0622. The smallest absolute Gasteiger partial charge is 0.326 e. The van der Waals surface area contributed by atoms with Crippen molar-refractivity contribution in [3.63, 3.8) is 0 Å². The van der Waals surface area contributed by atoms with E-state index in [0.717, 1.165) is 0 Å². The predicted molar refractivity (Wildman–Crippen MR) is 118 cm³/mol. The molecule has 0 heterocycles. The number of amides is 3. The van der Waals surface area contributed by atoms with Gasteiger partial charge in [0.25, 0.3) is 0 Å². The molecule has 0 bridgehead atoms. The van der Waals surface area contributed by atoms with Gasteiger partial charge in [0.05, 0.1) is 19.0 Å². The molecular formula is C17H31N7O7S. The Labute approximate surface area is 189 Å². The molecule has 0 aliphatic carbocycles. The Bertz CT molecular complexity index is 701. The Morgan fingerprint density at radius 1 is 1.00 bits per heavy atom. The summed E-state index contributed by atoms with van der Waals surface area (Å²) in [4.78, 5) is 62.5. The Balaban J connectivity index is 4.88. The maximum absolute atomic E-state index is 12.4. The Hall–Kier alpha value is -3.07. The minimum Gasteiger partial charge on any atom is -0.481 e. The second kappa shape index (κ2) is 15.7. The molecule has 32 heavy (non-hydrogen) atoms. The van der Waals surface area contributed by atoms with Gasteiger partial charge in [-0.3, -0.25) is 24.2 Å². The summed E-state index contributed by atoms with van der Waals surface area (Å²) < 4.78 is 0. The van der Waals surface area contributed by atoms with Crippen LogP contribution in [-0.2, 0) is 24.0 Å². The fraction of sp³-hybridized carbons (Fsp3) is 0.647. The van der Waals surface area contributed by atoms with Crippen molar-refractivity contribution < 1.29 is 34.2 Å². The monoisotopic (exact) mass is 477 g/mol. The number of thioether (sulfide) groups is 1. The first kappa shape index (κ1) is 28.9. The van der Waals surface area contributed by atoms with Gasteiger partial charge in [0.15, 0.2) is 5.96 Å². The molecule has 3 unspecified atom stereocenters. The summed E-state index contributed by atoms with van der Waals surface area (Å²) in [6.07, 6.45) is 1.66. The van der Waals surface area contributed by atoms with E-state index < -0.39 is 60.8 Å². The first-order valence-corrected chi connectivity index (χ1v) is 11.0. The van der Waals surface area contributed by atoms with Crippen LogP contribution in [0.5, 0.6) is 0 Å². The molecule has 15 heteroatoms. The number of nitrogens with zero attached hydrogens (tertiary/aromatic N) is 1. The molecule has 11 N–H and O–H groups in total. The number of rotatable bonds is 16. The fourth-order valence-corrected chi connectivity index (χ4v) is 2.83. The molecule has 3 amide bonds. The summed E-state index contributed by atoms with van der Waals surface area (Å²) >= 11 is 1.50. The SMILES string of the molecule is CSCCC(N)C(=O)NCC(=O)NC(CC(=O)O)C(=O)NC(CCCN=C(N)N)C(=O)O. The molecule has 3 atom stereocenters.